The third-order valence-corrected chi connectivity index (χ3v) is 2.76. The fourth-order valence-electron chi connectivity index (χ4n) is 1.70. The number of nitrogens with zero attached hydrogens (tertiary/aromatic N) is 1. The molecule has 0 amide bonds. The summed E-state index contributed by atoms with van der Waals surface area (Å²) >= 11 is 0. The Bertz CT molecular complexity index is 589. The van der Waals surface area contributed by atoms with E-state index >= 15 is 0 Å². The van der Waals surface area contributed by atoms with Gasteiger partial charge in [0.1, 0.15) is 11.5 Å². The number of H-pyrrole nitrogens is 1. The maximum absolute atomic E-state index is 12.4. The van der Waals surface area contributed by atoms with Gasteiger partial charge in [-0.05, 0) is 6.07 Å². The molecule has 0 fully saturated rings. The second-order valence-electron chi connectivity index (χ2n) is 4.23. The fraction of sp³-hybridized carbons (Fsp3) is 0.308. The molecular formula is C13H14F3N3O2. The van der Waals surface area contributed by atoms with Gasteiger partial charge in [0.15, 0.2) is 5.69 Å². The molecule has 2 aromatic rings. The smallest absolute Gasteiger partial charge is 0.435 e. The minimum absolute atomic E-state index is 0.166. The van der Waals surface area contributed by atoms with Crippen LogP contribution in [0.2, 0.25) is 0 Å². The van der Waals surface area contributed by atoms with Crippen molar-refractivity contribution in [1.82, 2.24) is 10.2 Å². The fourth-order valence-corrected chi connectivity index (χ4v) is 1.70. The van der Waals surface area contributed by atoms with E-state index in [1.165, 1.54) is 14.2 Å². The quantitative estimate of drug-likeness (QED) is 0.891. The summed E-state index contributed by atoms with van der Waals surface area (Å²) in [5.74, 6) is 1.16. The maximum Gasteiger partial charge on any atom is 0.435 e. The van der Waals surface area contributed by atoms with Gasteiger partial charge in [-0.2, -0.15) is 18.3 Å². The molecule has 2 N–H and O–H groups in total. The number of benzene rings is 1. The van der Waals surface area contributed by atoms with E-state index in [-0.39, 0.29) is 6.54 Å². The first kappa shape index (κ1) is 15.0. The number of rotatable bonds is 5. The van der Waals surface area contributed by atoms with Crippen LogP contribution in [0.25, 0.3) is 0 Å². The molecule has 0 unspecified atom stereocenters. The molecule has 0 radical (unpaired) electrons. The van der Waals surface area contributed by atoms with Gasteiger partial charge in [-0.25, -0.2) is 0 Å². The van der Waals surface area contributed by atoms with Crippen molar-refractivity contribution in [2.45, 2.75) is 12.7 Å². The van der Waals surface area contributed by atoms with Gasteiger partial charge in [0, 0.05) is 23.9 Å². The van der Waals surface area contributed by atoms with Crippen molar-refractivity contribution in [3.05, 3.63) is 35.7 Å². The van der Waals surface area contributed by atoms with Crippen LogP contribution in [0.4, 0.5) is 18.9 Å². The van der Waals surface area contributed by atoms with Crippen LogP contribution in [0.15, 0.2) is 24.3 Å². The van der Waals surface area contributed by atoms with Crippen LogP contribution in [0.5, 0.6) is 11.5 Å². The van der Waals surface area contributed by atoms with E-state index in [1.807, 2.05) is 0 Å². The highest BCUT2D eigenvalue weighted by Crippen LogP contribution is 2.28. The number of aromatic amines is 1. The highest BCUT2D eigenvalue weighted by Gasteiger charge is 2.33. The molecule has 8 heteroatoms. The van der Waals surface area contributed by atoms with Crippen LogP contribution >= 0.6 is 0 Å². The zero-order valence-electron chi connectivity index (χ0n) is 11.4. The van der Waals surface area contributed by atoms with Gasteiger partial charge in [0.2, 0.25) is 0 Å². The topological polar surface area (TPSA) is 59.2 Å². The summed E-state index contributed by atoms with van der Waals surface area (Å²) in [6.07, 6.45) is -4.45. The Balaban J connectivity index is 2.07. The minimum atomic E-state index is -4.45. The third kappa shape index (κ3) is 3.80. The second-order valence-corrected chi connectivity index (χ2v) is 4.23. The molecule has 0 spiro atoms. The molecule has 0 bridgehead atoms. The summed E-state index contributed by atoms with van der Waals surface area (Å²) in [4.78, 5) is 0. The molecule has 0 saturated carbocycles. The molecule has 21 heavy (non-hydrogen) atoms. The summed E-state index contributed by atoms with van der Waals surface area (Å²) in [5, 5.41) is 8.55. The number of nitrogens with one attached hydrogen (secondary N) is 2. The number of methoxy groups -OCH3 is 2. The van der Waals surface area contributed by atoms with Crippen molar-refractivity contribution in [2.24, 2.45) is 0 Å². The molecule has 0 saturated heterocycles. The minimum Gasteiger partial charge on any atom is -0.497 e. The number of hydrogen-bond acceptors (Lipinski definition) is 4. The number of alkyl halides is 3. The Hall–Kier alpha value is -2.38. The van der Waals surface area contributed by atoms with Crippen molar-refractivity contribution in [3.8, 4) is 11.5 Å². The van der Waals surface area contributed by atoms with E-state index in [0.717, 1.165) is 6.07 Å². The zero-order valence-corrected chi connectivity index (χ0v) is 11.4. The normalized spacial score (nSPS) is 11.3. The molecule has 1 aromatic heterocycles. The standard InChI is InChI=1S/C13H14F3N3O2/c1-20-10-3-8(4-11(6-10)21-2)17-7-9-5-12(19-18-9)13(14,15)16/h3-6,17H,7H2,1-2H3,(H,18,19). The molecule has 114 valence electrons. The first-order chi connectivity index (χ1) is 9.92. The average Bonchev–Trinajstić information content (AvgIpc) is 2.93. The molecule has 1 heterocycles. The average molecular weight is 301 g/mol. The molecule has 5 nitrogen and oxygen atoms in total. The van der Waals surface area contributed by atoms with Gasteiger partial charge < -0.3 is 14.8 Å². The summed E-state index contributed by atoms with van der Waals surface area (Å²) in [5.41, 5.74) is 0.0426. The van der Waals surface area contributed by atoms with Crippen molar-refractivity contribution in [3.63, 3.8) is 0 Å². The molecule has 2 rings (SSSR count). The zero-order chi connectivity index (χ0) is 15.5. The molecular weight excluding hydrogens is 287 g/mol. The van der Waals surface area contributed by atoms with E-state index < -0.39 is 11.9 Å². The summed E-state index contributed by atoms with van der Waals surface area (Å²) in [6, 6.07) is 6.08. The van der Waals surface area contributed by atoms with Crippen LogP contribution < -0.4 is 14.8 Å². The van der Waals surface area contributed by atoms with Crippen molar-refractivity contribution < 1.29 is 22.6 Å². The van der Waals surface area contributed by atoms with E-state index in [9.17, 15) is 13.2 Å². The second kappa shape index (κ2) is 5.94. The van der Waals surface area contributed by atoms with Crippen LogP contribution in [0.1, 0.15) is 11.4 Å². The molecule has 1 aromatic carbocycles. The Labute approximate surface area is 119 Å². The van der Waals surface area contributed by atoms with Crippen molar-refractivity contribution in [1.29, 1.82) is 0 Å². The van der Waals surface area contributed by atoms with Crippen LogP contribution in [0.3, 0.4) is 0 Å². The first-order valence-corrected chi connectivity index (χ1v) is 6.01. The Morgan fingerprint density at radius 1 is 1.10 bits per heavy atom. The van der Waals surface area contributed by atoms with Gasteiger partial charge in [-0.15, -0.1) is 0 Å². The summed E-state index contributed by atoms with van der Waals surface area (Å²) in [6.45, 7) is 0.166. The summed E-state index contributed by atoms with van der Waals surface area (Å²) < 4.78 is 47.5. The van der Waals surface area contributed by atoms with Gasteiger partial charge in [0.25, 0.3) is 0 Å². The van der Waals surface area contributed by atoms with Gasteiger partial charge in [-0.1, -0.05) is 0 Å². The third-order valence-electron chi connectivity index (χ3n) is 2.76. The summed E-state index contributed by atoms with van der Waals surface area (Å²) in [7, 11) is 3.03. The van der Waals surface area contributed by atoms with Crippen LogP contribution in [0, 0.1) is 0 Å². The van der Waals surface area contributed by atoms with E-state index in [0.29, 0.717) is 22.9 Å². The lowest BCUT2D eigenvalue weighted by molar-refractivity contribution is -0.141. The Kier molecular flexibility index (Phi) is 4.25. The maximum atomic E-state index is 12.4. The van der Waals surface area contributed by atoms with Crippen LogP contribution in [-0.4, -0.2) is 24.4 Å². The van der Waals surface area contributed by atoms with E-state index in [1.54, 1.807) is 18.2 Å². The van der Waals surface area contributed by atoms with Gasteiger partial charge >= 0.3 is 6.18 Å². The lowest BCUT2D eigenvalue weighted by Gasteiger charge is -2.09. The van der Waals surface area contributed by atoms with E-state index in [4.69, 9.17) is 9.47 Å². The Morgan fingerprint density at radius 3 is 2.19 bits per heavy atom. The van der Waals surface area contributed by atoms with Crippen LogP contribution in [-0.2, 0) is 12.7 Å². The molecule has 0 aliphatic rings. The lowest BCUT2D eigenvalue weighted by Crippen LogP contribution is -2.04. The van der Waals surface area contributed by atoms with E-state index in [2.05, 4.69) is 15.5 Å². The Morgan fingerprint density at radius 2 is 1.71 bits per heavy atom. The molecule has 0 aliphatic carbocycles. The number of ether oxygens (including phenoxy) is 2. The number of halogens is 3. The number of aromatic nitrogens is 2. The van der Waals surface area contributed by atoms with Gasteiger partial charge in [0.05, 0.1) is 26.5 Å². The predicted molar refractivity (Wildman–Crippen MR) is 70.5 cm³/mol. The molecule has 0 aliphatic heterocycles. The highest BCUT2D eigenvalue weighted by atomic mass is 19.4. The SMILES string of the molecule is COc1cc(NCc2cc(C(F)(F)F)n[nH]2)cc(OC)c1. The molecule has 0 atom stereocenters. The lowest BCUT2D eigenvalue weighted by atomic mass is 10.2. The largest absolute Gasteiger partial charge is 0.497 e. The van der Waals surface area contributed by atoms with Gasteiger partial charge in [-0.3, -0.25) is 5.10 Å². The highest BCUT2D eigenvalue weighted by molar-refractivity contribution is 5.53. The predicted octanol–water partition coefficient (Wildman–Crippen LogP) is 3.06. The first-order valence-electron chi connectivity index (χ1n) is 6.01. The number of hydrogen-bond donors (Lipinski definition) is 2. The monoisotopic (exact) mass is 301 g/mol. The number of anilines is 1. The van der Waals surface area contributed by atoms with Crippen molar-refractivity contribution >= 4 is 5.69 Å². The van der Waals surface area contributed by atoms with Crippen molar-refractivity contribution in [2.75, 3.05) is 19.5 Å².